The van der Waals surface area contributed by atoms with E-state index in [4.69, 9.17) is 33.5 Å². The summed E-state index contributed by atoms with van der Waals surface area (Å²) in [5.74, 6) is -0.136. The van der Waals surface area contributed by atoms with E-state index in [2.05, 4.69) is 46.8 Å². The SMILES string of the molecule is CC(C)(C)CC(C)(C)c1ccc(OCCOCCOCCOCCOCCOCC(=O)O)cc1. The van der Waals surface area contributed by atoms with Crippen molar-refractivity contribution in [3.8, 4) is 5.75 Å². The molecule has 1 rings (SSSR count). The van der Waals surface area contributed by atoms with Gasteiger partial charge < -0.3 is 33.5 Å². The highest BCUT2D eigenvalue weighted by Gasteiger charge is 2.27. The van der Waals surface area contributed by atoms with Crippen molar-refractivity contribution in [1.82, 2.24) is 0 Å². The van der Waals surface area contributed by atoms with Crippen LogP contribution in [-0.4, -0.2) is 83.8 Å². The summed E-state index contributed by atoms with van der Waals surface area (Å²) in [5, 5.41) is 8.41. The Morgan fingerprint density at radius 3 is 1.50 bits per heavy atom. The highest BCUT2D eigenvalue weighted by atomic mass is 16.6. The van der Waals surface area contributed by atoms with Gasteiger partial charge in [-0.2, -0.15) is 0 Å². The maximum absolute atomic E-state index is 10.3. The van der Waals surface area contributed by atoms with Crippen molar-refractivity contribution in [3.05, 3.63) is 29.8 Å². The number of benzene rings is 1. The van der Waals surface area contributed by atoms with Gasteiger partial charge in [0, 0.05) is 0 Å². The third kappa shape index (κ3) is 16.0. The smallest absolute Gasteiger partial charge is 0.329 e. The molecule has 0 unspecified atom stereocenters. The van der Waals surface area contributed by atoms with Gasteiger partial charge in [-0.15, -0.1) is 0 Å². The van der Waals surface area contributed by atoms with Crippen LogP contribution in [0.15, 0.2) is 24.3 Å². The van der Waals surface area contributed by atoms with Crippen molar-refractivity contribution >= 4 is 5.97 Å². The van der Waals surface area contributed by atoms with Crippen molar-refractivity contribution in [2.45, 2.75) is 46.5 Å². The number of hydrogen-bond acceptors (Lipinski definition) is 7. The summed E-state index contributed by atoms with van der Waals surface area (Å²) in [7, 11) is 0. The fourth-order valence-corrected chi connectivity index (χ4v) is 3.69. The lowest BCUT2D eigenvalue weighted by atomic mass is 9.72. The molecule has 196 valence electrons. The van der Waals surface area contributed by atoms with Crippen LogP contribution >= 0.6 is 0 Å². The van der Waals surface area contributed by atoms with E-state index >= 15 is 0 Å². The molecule has 0 saturated carbocycles. The molecule has 0 aromatic heterocycles. The second-order valence-corrected chi connectivity index (χ2v) is 9.89. The van der Waals surface area contributed by atoms with E-state index in [0.717, 1.165) is 12.2 Å². The van der Waals surface area contributed by atoms with Gasteiger partial charge >= 0.3 is 5.97 Å². The molecule has 34 heavy (non-hydrogen) atoms. The summed E-state index contributed by atoms with van der Waals surface area (Å²) in [6.45, 7) is 15.5. The zero-order chi connectivity index (χ0) is 25.3. The number of rotatable bonds is 20. The van der Waals surface area contributed by atoms with E-state index in [1.165, 1.54) is 5.56 Å². The maximum Gasteiger partial charge on any atom is 0.329 e. The van der Waals surface area contributed by atoms with Gasteiger partial charge in [0.1, 0.15) is 19.0 Å². The molecule has 0 fully saturated rings. The van der Waals surface area contributed by atoms with Crippen LogP contribution in [0.5, 0.6) is 5.75 Å². The predicted molar refractivity (Wildman–Crippen MR) is 131 cm³/mol. The normalized spacial score (nSPS) is 12.1. The zero-order valence-electron chi connectivity index (χ0n) is 21.6. The van der Waals surface area contributed by atoms with E-state index < -0.39 is 5.97 Å². The lowest BCUT2D eigenvalue weighted by Crippen LogP contribution is -2.24. The fourth-order valence-electron chi connectivity index (χ4n) is 3.69. The molecule has 1 aromatic rings. The average Bonchev–Trinajstić information content (AvgIpc) is 2.74. The molecule has 0 bridgehead atoms. The topological polar surface area (TPSA) is 92.7 Å². The third-order valence-electron chi connectivity index (χ3n) is 4.82. The van der Waals surface area contributed by atoms with Crippen molar-refractivity contribution in [2.24, 2.45) is 5.41 Å². The summed E-state index contributed by atoms with van der Waals surface area (Å²) in [4.78, 5) is 10.3. The standard InChI is InChI=1S/C26H44O8/c1-25(2,3)21-26(4,5)22-6-8-23(9-7-22)34-19-18-32-15-14-30-11-10-29-12-13-31-16-17-33-20-24(27)28/h6-9H,10-21H2,1-5H3,(H,27,28). The largest absolute Gasteiger partial charge is 0.491 e. The average molecular weight is 485 g/mol. The van der Waals surface area contributed by atoms with Gasteiger partial charge in [-0.3, -0.25) is 0 Å². The van der Waals surface area contributed by atoms with Crippen LogP contribution in [0.25, 0.3) is 0 Å². The highest BCUT2D eigenvalue weighted by molar-refractivity contribution is 5.67. The van der Waals surface area contributed by atoms with Crippen LogP contribution in [0.3, 0.4) is 0 Å². The van der Waals surface area contributed by atoms with Gasteiger partial charge in [-0.05, 0) is 34.9 Å². The Balaban J connectivity index is 1.94. The molecule has 1 aromatic carbocycles. The number of hydrogen-bond donors (Lipinski definition) is 1. The summed E-state index contributed by atoms with van der Waals surface area (Å²) in [5.41, 5.74) is 1.73. The van der Waals surface area contributed by atoms with E-state index in [1.807, 2.05) is 12.1 Å². The molecule has 0 heterocycles. The van der Waals surface area contributed by atoms with E-state index in [0.29, 0.717) is 59.5 Å². The van der Waals surface area contributed by atoms with Crippen molar-refractivity contribution in [2.75, 3.05) is 72.7 Å². The predicted octanol–water partition coefficient (Wildman–Crippen LogP) is 3.95. The number of carboxylic acid groups (broad SMARTS) is 1. The molecule has 0 radical (unpaired) electrons. The Labute approximate surface area is 204 Å². The lowest BCUT2D eigenvalue weighted by molar-refractivity contribution is -0.142. The van der Waals surface area contributed by atoms with Crippen molar-refractivity contribution in [1.29, 1.82) is 0 Å². The van der Waals surface area contributed by atoms with Gasteiger partial charge in [-0.1, -0.05) is 46.8 Å². The second kappa shape index (κ2) is 16.8. The Hall–Kier alpha value is -1.71. The van der Waals surface area contributed by atoms with Gasteiger partial charge in [0.05, 0.1) is 59.5 Å². The monoisotopic (exact) mass is 484 g/mol. The van der Waals surface area contributed by atoms with Gasteiger partial charge in [0.25, 0.3) is 0 Å². The first-order chi connectivity index (χ1) is 16.1. The van der Waals surface area contributed by atoms with Gasteiger partial charge in [0.2, 0.25) is 0 Å². The third-order valence-corrected chi connectivity index (χ3v) is 4.82. The molecule has 0 aliphatic carbocycles. The lowest BCUT2D eigenvalue weighted by Gasteiger charge is -2.33. The summed E-state index contributed by atoms with van der Waals surface area (Å²) >= 11 is 0. The van der Waals surface area contributed by atoms with Crippen LogP contribution in [0.2, 0.25) is 0 Å². The Kier molecular flexibility index (Phi) is 15.0. The summed E-state index contributed by atoms with van der Waals surface area (Å²) < 4.78 is 32.2. The molecule has 0 spiro atoms. The van der Waals surface area contributed by atoms with Crippen LogP contribution < -0.4 is 4.74 Å². The van der Waals surface area contributed by atoms with Crippen molar-refractivity contribution < 1.29 is 38.3 Å². The zero-order valence-corrected chi connectivity index (χ0v) is 21.6. The molecule has 0 aliphatic rings. The molecule has 0 atom stereocenters. The Morgan fingerprint density at radius 2 is 1.09 bits per heavy atom. The molecule has 8 nitrogen and oxygen atoms in total. The van der Waals surface area contributed by atoms with Crippen LogP contribution in [-0.2, 0) is 33.9 Å². The molecular weight excluding hydrogens is 440 g/mol. The number of carboxylic acids is 1. The molecular formula is C26H44O8. The highest BCUT2D eigenvalue weighted by Crippen LogP contribution is 2.36. The minimum absolute atomic E-state index is 0.124. The first-order valence-corrected chi connectivity index (χ1v) is 11.9. The molecule has 0 saturated heterocycles. The quantitative estimate of drug-likeness (QED) is 0.278. The first kappa shape index (κ1) is 30.3. The van der Waals surface area contributed by atoms with Gasteiger partial charge in [-0.25, -0.2) is 4.79 Å². The first-order valence-electron chi connectivity index (χ1n) is 11.9. The number of aliphatic carboxylic acids is 1. The second-order valence-electron chi connectivity index (χ2n) is 9.89. The van der Waals surface area contributed by atoms with Crippen molar-refractivity contribution in [3.63, 3.8) is 0 Å². The molecule has 8 heteroatoms. The molecule has 0 aliphatic heterocycles. The minimum atomic E-state index is -0.987. The van der Waals surface area contributed by atoms with Crippen LogP contribution in [0, 0.1) is 5.41 Å². The summed E-state index contributed by atoms with van der Waals surface area (Å²) in [6.07, 6.45) is 1.12. The fraction of sp³-hybridized carbons (Fsp3) is 0.731. The molecule has 0 amide bonds. The van der Waals surface area contributed by atoms with Crippen LogP contribution in [0.4, 0.5) is 0 Å². The summed E-state index contributed by atoms with van der Waals surface area (Å²) in [6, 6.07) is 8.37. The van der Waals surface area contributed by atoms with E-state index in [-0.39, 0.29) is 24.0 Å². The minimum Gasteiger partial charge on any atom is -0.491 e. The maximum atomic E-state index is 10.3. The Morgan fingerprint density at radius 1 is 0.676 bits per heavy atom. The van der Waals surface area contributed by atoms with Crippen LogP contribution in [0.1, 0.15) is 46.6 Å². The number of ether oxygens (including phenoxy) is 6. The van der Waals surface area contributed by atoms with E-state index in [1.54, 1.807) is 0 Å². The number of carbonyl (C=O) groups is 1. The molecule has 1 N–H and O–H groups in total. The van der Waals surface area contributed by atoms with Gasteiger partial charge in [0.15, 0.2) is 0 Å². The van der Waals surface area contributed by atoms with E-state index in [9.17, 15) is 4.79 Å². The Bertz CT molecular complexity index is 652.